The second-order valence-corrected chi connectivity index (χ2v) is 5.58. The standard InChI is InChI=1S/C16H16ClN3O3/c1-8-3-4-11(17)6-12(8)10-5-13(21)14(19-7-10)16(23)20-9(2)15(18)22/h3-7,9,21H,1-2H3,(H2,18,22)(H,20,23). The van der Waals surface area contributed by atoms with Gasteiger partial charge in [0.15, 0.2) is 5.69 Å². The van der Waals surface area contributed by atoms with Crippen LogP contribution in [0.25, 0.3) is 11.1 Å². The van der Waals surface area contributed by atoms with Gasteiger partial charge in [0, 0.05) is 16.8 Å². The molecule has 2 aromatic rings. The zero-order valence-corrected chi connectivity index (χ0v) is 13.4. The molecule has 4 N–H and O–H groups in total. The van der Waals surface area contributed by atoms with E-state index in [1.807, 2.05) is 13.0 Å². The Morgan fingerprint density at radius 3 is 2.65 bits per heavy atom. The fraction of sp³-hybridized carbons (Fsp3) is 0.188. The number of hydrogen-bond acceptors (Lipinski definition) is 4. The van der Waals surface area contributed by atoms with Crippen molar-refractivity contribution in [3.05, 3.63) is 46.7 Å². The molecule has 0 fully saturated rings. The van der Waals surface area contributed by atoms with E-state index < -0.39 is 17.9 Å². The zero-order valence-electron chi connectivity index (χ0n) is 12.6. The van der Waals surface area contributed by atoms with Crippen LogP contribution in [0.4, 0.5) is 0 Å². The van der Waals surface area contributed by atoms with Crippen molar-refractivity contribution in [1.82, 2.24) is 10.3 Å². The van der Waals surface area contributed by atoms with Crippen molar-refractivity contribution in [2.75, 3.05) is 0 Å². The minimum atomic E-state index is -0.862. The number of halogens is 1. The van der Waals surface area contributed by atoms with Crippen LogP contribution >= 0.6 is 11.6 Å². The van der Waals surface area contributed by atoms with Gasteiger partial charge in [0.1, 0.15) is 11.8 Å². The number of rotatable bonds is 4. The lowest BCUT2D eigenvalue weighted by molar-refractivity contribution is -0.119. The molecule has 2 amide bonds. The van der Waals surface area contributed by atoms with E-state index in [1.54, 1.807) is 12.1 Å². The molecule has 120 valence electrons. The Morgan fingerprint density at radius 2 is 2.04 bits per heavy atom. The van der Waals surface area contributed by atoms with Gasteiger partial charge in [0.05, 0.1) is 0 Å². The number of amides is 2. The molecule has 1 unspecified atom stereocenters. The number of nitrogens with zero attached hydrogens (tertiary/aromatic N) is 1. The molecule has 1 aromatic heterocycles. The predicted octanol–water partition coefficient (Wildman–Crippen LogP) is 2.02. The van der Waals surface area contributed by atoms with Gasteiger partial charge in [0.25, 0.3) is 5.91 Å². The largest absolute Gasteiger partial charge is 0.505 e. The van der Waals surface area contributed by atoms with E-state index in [0.717, 1.165) is 11.1 Å². The summed E-state index contributed by atoms with van der Waals surface area (Å²) in [5, 5.41) is 13.0. The van der Waals surface area contributed by atoms with Crippen LogP contribution in [-0.2, 0) is 4.79 Å². The molecule has 0 bridgehead atoms. The lowest BCUT2D eigenvalue weighted by atomic mass is 10.0. The van der Waals surface area contributed by atoms with Crippen LogP contribution in [0.1, 0.15) is 23.0 Å². The third-order valence-electron chi connectivity index (χ3n) is 3.37. The smallest absolute Gasteiger partial charge is 0.274 e. The minimum absolute atomic E-state index is 0.179. The van der Waals surface area contributed by atoms with Gasteiger partial charge in [-0.2, -0.15) is 0 Å². The molecule has 0 aliphatic rings. The third kappa shape index (κ3) is 3.78. The fourth-order valence-corrected chi connectivity index (χ4v) is 2.19. The third-order valence-corrected chi connectivity index (χ3v) is 3.60. The van der Waals surface area contributed by atoms with E-state index in [2.05, 4.69) is 10.3 Å². The number of hydrogen-bond donors (Lipinski definition) is 3. The lowest BCUT2D eigenvalue weighted by Gasteiger charge is -2.12. The normalized spacial score (nSPS) is 11.8. The number of aromatic hydroxyl groups is 1. The summed E-state index contributed by atoms with van der Waals surface area (Å²) in [7, 11) is 0. The highest BCUT2D eigenvalue weighted by Gasteiger charge is 2.18. The highest BCUT2D eigenvalue weighted by atomic mass is 35.5. The van der Waals surface area contributed by atoms with Gasteiger partial charge in [-0.15, -0.1) is 0 Å². The number of aryl methyl sites for hydroxylation is 1. The number of carbonyl (C=O) groups excluding carboxylic acids is 2. The van der Waals surface area contributed by atoms with Crippen molar-refractivity contribution in [2.45, 2.75) is 19.9 Å². The van der Waals surface area contributed by atoms with Crippen molar-refractivity contribution in [3.8, 4) is 16.9 Å². The number of primary amides is 1. The zero-order chi connectivity index (χ0) is 17.1. The van der Waals surface area contributed by atoms with Crippen LogP contribution in [0.2, 0.25) is 5.02 Å². The molecule has 0 spiro atoms. The molecule has 7 heteroatoms. The molecule has 1 heterocycles. The predicted molar refractivity (Wildman–Crippen MR) is 87.2 cm³/mol. The van der Waals surface area contributed by atoms with E-state index in [-0.39, 0.29) is 11.4 Å². The average Bonchev–Trinajstić information content (AvgIpc) is 2.49. The fourth-order valence-electron chi connectivity index (χ4n) is 2.02. The Balaban J connectivity index is 2.33. The Morgan fingerprint density at radius 1 is 1.35 bits per heavy atom. The summed E-state index contributed by atoms with van der Waals surface area (Å²) in [5.41, 5.74) is 7.29. The topological polar surface area (TPSA) is 105 Å². The molecule has 1 aromatic carbocycles. The van der Waals surface area contributed by atoms with Gasteiger partial charge >= 0.3 is 0 Å². The molecule has 6 nitrogen and oxygen atoms in total. The van der Waals surface area contributed by atoms with E-state index in [9.17, 15) is 14.7 Å². The quantitative estimate of drug-likeness (QED) is 0.795. The Bertz CT molecular complexity index is 777. The Kier molecular flexibility index (Phi) is 4.86. The first kappa shape index (κ1) is 16.8. The summed E-state index contributed by atoms with van der Waals surface area (Å²) < 4.78 is 0. The van der Waals surface area contributed by atoms with Gasteiger partial charge in [0.2, 0.25) is 5.91 Å². The first-order chi connectivity index (χ1) is 10.8. The van der Waals surface area contributed by atoms with Crippen LogP contribution in [0, 0.1) is 6.92 Å². The first-order valence-electron chi connectivity index (χ1n) is 6.85. The molecule has 23 heavy (non-hydrogen) atoms. The Hall–Kier alpha value is -2.60. The summed E-state index contributed by atoms with van der Waals surface area (Å²) >= 11 is 5.98. The maximum atomic E-state index is 12.0. The molecule has 0 aliphatic heterocycles. The summed E-state index contributed by atoms with van der Waals surface area (Å²) in [4.78, 5) is 26.9. The van der Waals surface area contributed by atoms with Crippen molar-refractivity contribution in [1.29, 1.82) is 0 Å². The van der Waals surface area contributed by atoms with Gasteiger partial charge in [-0.25, -0.2) is 4.98 Å². The molecule has 0 aliphatic carbocycles. The lowest BCUT2D eigenvalue weighted by Crippen LogP contribution is -2.42. The molecule has 1 atom stereocenters. The molecule has 2 rings (SSSR count). The number of pyridine rings is 1. The number of nitrogens with two attached hydrogens (primary N) is 1. The van der Waals surface area contributed by atoms with Crippen LogP contribution in [0.5, 0.6) is 5.75 Å². The SMILES string of the molecule is Cc1ccc(Cl)cc1-c1cnc(C(=O)NC(C)C(N)=O)c(O)c1. The second-order valence-electron chi connectivity index (χ2n) is 5.15. The van der Waals surface area contributed by atoms with Crippen molar-refractivity contribution in [2.24, 2.45) is 5.73 Å². The monoisotopic (exact) mass is 333 g/mol. The van der Waals surface area contributed by atoms with Crippen molar-refractivity contribution in [3.63, 3.8) is 0 Å². The van der Waals surface area contributed by atoms with E-state index in [4.69, 9.17) is 17.3 Å². The van der Waals surface area contributed by atoms with Gasteiger partial charge in [-0.3, -0.25) is 9.59 Å². The molecule has 0 saturated carbocycles. The number of aromatic nitrogens is 1. The van der Waals surface area contributed by atoms with Gasteiger partial charge in [-0.05, 0) is 43.2 Å². The van der Waals surface area contributed by atoms with Crippen LogP contribution in [0.3, 0.4) is 0 Å². The highest BCUT2D eigenvalue weighted by molar-refractivity contribution is 6.30. The summed E-state index contributed by atoms with van der Waals surface area (Å²) in [5.74, 6) is -1.65. The summed E-state index contributed by atoms with van der Waals surface area (Å²) in [6.45, 7) is 3.35. The molecular weight excluding hydrogens is 318 g/mol. The first-order valence-corrected chi connectivity index (χ1v) is 7.23. The highest BCUT2D eigenvalue weighted by Crippen LogP contribution is 2.29. The van der Waals surface area contributed by atoms with Crippen LogP contribution in [-0.4, -0.2) is 27.9 Å². The maximum absolute atomic E-state index is 12.0. The number of carbonyl (C=O) groups is 2. The van der Waals surface area contributed by atoms with Crippen molar-refractivity contribution < 1.29 is 14.7 Å². The number of nitrogens with one attached hydrogen (secondary N) is 1. The van der Waals surface area contributed by atoms with E-state index in [1.165, 1.54) is 19.2 Å². The Labute approximate surface area is 138 Å². The van der Waals surface area contributed by atoms with Crippen LogP contribution < -0.4 is 11.1 Å². The van der Waals surface area contributed by atoms with Gasteiger partial charge in [-0.1, -0.05) is 17.7 Å². The van der Waals surface area contributed by atoms with Crippen molar-refractivity contribution >= 4 is 23.4 Å². The second kappa shape index (κ2) is 6.66. The summed E-state index contributed by atoms with van der Waals surface area (Å²) in [6.07, 6.45) is 1.46. The van der Waals surface area contributed by atoms with E-state index in [0.29, 0.717) is 10.6 Å². The molecular formula is C16H16ClN3O3. The summed E-state index contributed by atoms with van der Waals surface area (Å²) in [6, 6.07) is 5.93. The van der Waals surface area contributed by atoms with Crippen LogP contribution in [0.15, 0.2) is 30.5 Å². The minimum Gasteiger partial charge on any atom is -0.505 e. The van der Waals surface area contributed by atoms with E-state index >= 15 is 0 Å². The molecule has 0 radical (unpaired) electrons. The average molecular weight is 334 g/mol. The maximum Gasteiger partial charge on any atom is 0.274 e. The molecule has 0 saturated heterocycles. The number of benzene rings is 1. The van der Waals surface area contributed by atoms with Gasteiger partial charge < -0.3 is 16.2 Å².